The second kappa shape index (κ2) is 9.82. The van der Waals surface area contributed by atoms with Crippen LogP contribution in [0.3, 0.4) is 0 Å². The molecule has 33 heavy (non-hydrogen) atoms. The van der Waals surface area contributed by atoms with Gasteiger partial charge in [-0.1, -0.05) is 18.2 Å². The molecule has 2 heterocycles. The topological polar surface area (TPSA) is 75.5 Å². The lowest BCUT2D eigenvalue weighted by Crippen LogP contribution is -2.03. The van der Waals surface area contributed by atoms with Gasteiger partial charge >= 0.3 is 0 Å². The summed E-state index contributed by atoms with van der Waals surface area (Å²) < 4.78 is 17.9. The number of hydrogen-bond donors (Lipinski definition) is 0. The Labute approximate surface area is 191 Å². The number of methoxy groups -OCH3 is 3. The van der Waals surface area contributed by atoms with E-state index in [0.29, 0.717) is 28.5 Å². The summed E-state index contributed by atoms with van der Waals surface area (Å²) in [5, 5.41) is 4.74. The highest BCUT2D eigenvalue weighted by Gasteiger charge is 2.19. The molecule has 0 spiro atoms. The van der Waals surface area contributed by atoms with E-state index in [4.69, 9.17) is 19.3 Å². The van der Waals surface area contributed by atoms with Gasteiger partial charge in [0.25, 0.3) is 0 Å². The number of aromatic nitrogens is 3. The Morgan fingerprint density at radius 3 is 2.27 bits per heavy atom. The van der Waals surface area contributed by atoms with Gasteiger partial charge in [-0.3, -0.25) is 9.78 Å². The highest BCUT2D eigenvalue weighted by atomic mass is 16.5. The van der Waals surface area contributed by atoms with Crippen LogP contribution in [0.25, 0.3) is 23.0 Å². The van der Waals surface area contributed by atoms with Crippen molar-refractivity contribution in [2.24, 2.45) is 0 Å². The fourth-order valence-electron chi connectivity index (χ4n) is 3.45. The van der Waals surface area contributed by atoms with Crippen LogP contribution >= 0.6 is 0 Å². The Hall–Kier alpha value is -4.39. The van der Waals surface area contributed by atoms with Crippen LogP contribution in [0.4, 0.5) is 0 Å². The number of para-hydroxylation sites is 1. The van der Waals surface area contributed by atoms with Gasteiger partial charge in [-0.2, -0.15) is 5.10 Å². The zero-order valence-corrected chi connectivity index (χ0v) is 18.6. The van der Waals surface area contributed by atoms with E-state index < -0.39 is 0 Å². The second-order valence-electron chi connectivity index (χ2n) is 7.06. The van der Waals surface area contributed by atoms with Gasteiger partial charge in [-0.05, 0) is 36.4 Å². The number of hydrogen-bond acceptors (Lipinski definition) is 6. The van der Waals surface area contributed by atoms with Crippen molar-refractivity contribution in [1.82, 2.24) is 14.8 Å². The van der Waals surface area contributed by atoms with Crippen molar-refractivity contribution in [3.63, 3.8) is 0 Å². The van der Waals surface area contributed by atoms with Crippen molar-refractivity contribution < 1.29 is 19.0 Å². The number of ketones is 1. The summed E-state index contributed by atoms with van der Waals surface area (Å²) >= 11 is 0. The minimum Gasteiger partial charge on any atom is -0.496 e. The summed E-state index contributed by atoms with van der Waals surface area (Å²) in [4.78, 5) is 17.4. The molecule has 0 aliphatic heterocycles. The number of benzene rings is 2. The summed E-state index contributed by atoms with van der Waals surface area (Å²) in [6, 6.07) is 16.9. The molecule has 0 aliphatic rings. The molecule has 0 fully saturated rings. The van der Waals surface area contributed by atoms with Gasteiger partial charge in [-0.25, -0.2) is 4.68 Å². The van der Waals surface area contributed by atoms with Crippen LogP contribution in [0.1, 0.15) is 15.9 Å². The first-order valence-corrected chi connectivity index (χ1v) is 10.2. The van der Waals surface area contributed by atoms with Crippen molar-refractivity contribution >= 4 is 11.9 Å². The fourth-order valence-corrected chi connectivity index (χ4v) is 3.45. The Kier molecular flexibility index (Phi) is 6.50. The summed E-state index contributed by atoms with van der Waals surface area (Å²) in [6.07, 6.45) is 8.55. The molecule has 4 aromatic rings. The number of carbonyl (C=O) groups is 1. The summed E-state index contributed by atoms with van der Waals surface area (Å²) in [7, 11) is 4.54. The SMILES string of the molecule is COc1cc(OC)c(C(=O)/C=C/c2cn(-c3ccccc3)nc2-c2cccnc2)c(OC)c1. The molecule has 0 saturated heterocycles. The largest absolute Gasteiger partial charge is 0.496 e. The fraction of sp³-hybridized carbons (Fsp3) is 0.115. The third kappa shape index (κ3) is 4.62. The molecule has 2 aromatic carbocycles. The van der Waals surface area contributed by atoms with Gasteiger partial charge in [0.2, 0.25) is 0 Å². The molecule has 7 heteroatoms. The number of rotatable bonds is 8. The van der Waals surface area contributed by atoms with E-state index in [0.717, 1.165) is 16.8 Å². The molecule has 0 atom stereocenters. The third-order valence-corrected chi connectivity index (χ3v) is 5.07. The number of allylic oxidation sites excluding steroid dienone is 1. The molecular formula is C26H23N3O4. The Morgan fingerprint density at radius 1 is 0.939 bits per heavy atom. The van der Waals surface area contributed by atoms with Crippen molar-refractivity contribution in [2.75, 3.05) is 21.3 Å². The monoisotopic (exact) mass is 441 g/mol. The lowest BCUT2D eigenvalue weighted by molar-refractivity contribution is 0.104. The lowest BCUT2D eigenvalue weighted by Gasteiger charge is -2.13. The number of pyridine rings is 1. The minimum atomic E-state index is -0.268. The summed E-state index contributed by atoms with van der Waals surface area (Å²) in [5.41, 5.74) is 3.55. The zero-order valence-electron chi connectivity index (χ0n) is 18.6. The van der Waals surface area contributed by atoms with Gasteiger partial charge in [-0.15, -0.1) is 0 Å². The molecule has 4 rings (SSSR count). The lowest BCUT2D eigenvalue weighted by atomic mass is 10.1. The maximum Gasteiger partial charge on any atom is 0.193 e. The summed E-state index contributed by atoms with van der Waals surface area (Å²) in [6.45, 7) is 0. The maximum absolute atomic E-state index is 13.2. The van der Waals surface area contributed by atoms with Gasteiger partial charge < -0.3 is 14.2 Å². The highest BCUT2D eigenvalue weighted by Crippen LogP contribution is 2.35. The Balaban J connectivity index is 1.75. The highest BCUT2D eigenvalue weighted by molar-refractivity contribution is 6.11. The second-order valence-corrected chi connectivity index (χ2v) is 7.06. The first-order valence-electron chi connectivity index (χ1n) is 10.2. The third-order valence-electron chi connectivity index (χ3n) is 5.07. The standard InChI is InChI=1S/C26H23N3O4/c1-31-21-14-23(32-2)25(24(15-21)33-3)22(30)12-11-19-17-29(20-9-5-4-6-10-20)28-26(19)18-8-7-13-27-16-18/h4-17H,1-3H3/b12-11+. The van der Waals surface area contributed by atoms with E-state index in [1.165, 1.54) is 20.3 Å². The number of nitrogens with zero attached hydrogens (tertiary/aromatic N) is 3. The van der Waals surface area contributed by atoms with E-state index in [-0.39, 0.29) is 5.78 Å². The average molecular weight is 441 g/mol. The van der Waals surface area contributed by atoms with E-state index in [1.54, 1.807) is 42.4 Å². The van der Waals surface area contributed by atoms with Crippen LogP contribution in [0.2, 0.25) is 0 Å². The van der Waals surface area contributed by atoms with E-state index in [1.807, 2.05) is 48.7 Å². The molecular weight excluding hydrogens is 418 g/mol. The first-order chi connectivity index (χ1) is 16.1. The molecule has 0 amide bonds. The number of ether oxygens (including phenoxy) is 3. The minimum absolute atomic E-state index is 0.268. The molecule has 0 radical (unpaired) electrons. The normalized spacial score (nSPS) is 10.9. The molecule has 0 N–H and O–H groups in total. The van der Waals surface area contributed by atoms with Crippen LogP contribution in [-0.4, -0.2) is 41.9 Å². The predicted octanol–water partition coefficient (Wildman–Crippen LogP) is 4.86. The van der Waals surface area contributed by atoms with Crippen molar-refractivity contribution in [2.45, 2.75) is 0 Å². The zero-order chi connectivity index (χ0) is 23.2. The molecule has 0 aliphatic carbocycles. The molecule has 166 valence electrons. The van der Waals surface area contributed by atoms with Crippen LogP contribution in [0.5, 0.6) is 17.2 Å². The Morgan fingerprint density at radius 2 is 1.67 bits per heavy atom. The van der Waals surface area contributed by atoms with Crippen LogP contribution in [0, 0.1) is 0 Å². The predicted molar refractivity (Wildman–Crippen MR) is 126 cm³/mol. The van der Waals surface area contributed by atoms with Gasteiger partial charge in [0.05, 0.1) is 27.0 Å². The van der Waals surface area contributed by atoms with Crippen molar-refractivity contribution in [3.8, 4) is 34.2 Å². The molecule has 2 aromatic heterocycles. The van der Waals surface area contributed by atoms with Gasteiger partial charge in [0, 0.05) is 41.9 Å². The van der Waals surface area contributed by atoms with Gasteiger partial charge in [0.15, 0.2) is 5.78 Å². The maximum atomic E-state index is 13.2. The van der Waals surface area contributed by atoms with Gasteiger partial charge in [0.1, 0.15) is 28.5 Å². The Bertz CT molecular complexity index is 1260. The van der Waals surface area contributed by atoms with Crippen molar-refractivity contribution in [1.29, 1.82) is 0 Å². The molecule has 7 nitrogen and oxygen atoms in total. The summed E-state index contributed by atoms with van der Waals surface area (Å²) in [5.74, 6) is 1.00. The van der Waals surface area contributed by atoms with Crippen LogP contribution in [-0.2, 0) is 0 Å². The van der Waals surface area contributed by atoms with Crippen LogP contribution < -0.4 is 14.2 Å². The number of carbonyl (C=O) groups excluding carboxylic acids is 1. The van der Waals surface area contributed by atoms with E-state index >= 15 is 0 Å². The molecule has 0 saturated carbocycles. The van der Waals surface area contributed by atoms with E-state index in [2.05, 4.69) is 4.98 Å². The van der Waals surface area contributed by atoms with E-state index in [9.17, 15) is 4.79 Å². The first kappa shape index (κ1) is 21.8. The molecule has 0 bridgehead atoms. The van der Waals surface area contributed by atoms with Crippen molar-refractivity contribution in [3.05, 3.63) is 90.4 Å². The average Bonchev–Trinajstić information content (AvgIpc) is 3.31. The quantitative estimate of drug-likeness (QED) is 0.287. The van der Waals surface area contributed by atoms with Crippen LogP contribution in [0.15, 0.2) is 79.3 Å². The molecule has 0 unspecified atom stereocenters. The smallest absolute Gasteiger partial charge is 0.193 e.